The van der Waals surface area contributed by atoms with E-state index in [1.807, 2.05) is 32.0 Å². The predicted molar refractivity (Wildman–Crippen MR) is 89.2 cm³/mol. The molecule has 1 aromatic carbocycles. The number of nitrogens with one attached hydrogen (secondary N) is 1. The van der Waals surface area contributed by atoms with Crippen LogP contribution in [-0.2, 0) is 15.1 Å². The number of benzene rings is 1. The summed E-state index contributed by atoms with van der Waals surface area (Å²) in [5, 5.41) is 15.8. The van der Waals surface area contributed by atoms with Crippen LogP contribution in [0.3, 0.4) is 0 Å². The number of anilines is 1. The Kier molecular flexibility index (Phi) is 4.92. The van der Waals surface area contributed by atoms with Crippen molar-refractivity contribution in [1.29, 1.82) is 0 Å². The summed E-state index contributed by atoms with van der Waals surface area (Å²) in [6.07, 6.45) is 2.88. The summed E-state index contributed by atoms with van der Waals surface area (Å²) >= 11 is 0. The van der Waals surface area contributed by atoms with E-state index in [0.29, 0.717) is 11.4 Å². The minimum Gasteiger partial charge on any atom is -0.484 e. The first-order valence-corrected chi connectivity index (χ1v) is 7.48. The molecule has 7 nitrogen and oxygen atoms in total. The third-order valence-electron chi connectivity index (χ3n) is 3.81. The highest BCUT2D eigenvalue weighted by Gasteiger charge is 2.30. The number of carbonyl (C=O) groups is 2. The lowest BCUT2D eigenvalue weighted by molar-refractivity contribution is -0.146. The Morgan fingerprint density at radius 1 is 1.29 bits per heavy atom. The number of hydrogen-bond donors (Lipinski definition) is 2. The molecule has 128 valence electrons. The minimum atomic E-state index is -1.20. The fourth-order valence-electron chi connectivity index (χ4n) is 1.94. The minimum absolute atomic E-state index is 0.143. The highest BCUT2D eigenvalue weighted by atomic mass is 16.5. The average molecular weight is 331 g/mol. The van der Waals surface area contributed by atoms with Crippen molar-refractivity contribution in [2.24, 2.45) is 0 Å². The van der Waals surface area contributed by atoms with Crippen LogP contribution < -0.4 is 10.1 Å². The maximum absolute atomic E-state index is 11.9. The summed E-state index contributed by atoms with van der Waals surface area (Å²) in [6, 6.07) is 5.61. The lowest BCUT2D eigenvalue weighted by Crippen LogP contribution is -2.35. The van der Waals surface area contributed by atoms with E-state index in [-0.39, 0.29) is 12.5 Å². The first kappa shape index (κ1) is 17.5. The van der Waals surface area contributed by atoms with Crippen LogP contribution in [0.25, 0.3) is 0 Å². The van der Waals surface area contributed by atoms with Crippen molar-refractivity contribution in [3.05, 3.63) is 41.7 Å². The van der Waals surface area contributed by atoms with E-state index in [9.17, 15) is 9.59 Å². The lowest BCUT2D eigenvalue weighted by atomic mass is 10.1. The molecule has 0 saturated heterocycles. The molecule has 0 atom stereocenters. The largest absolute Gasteiger partial charge is 0.484 e. The zero-order chi connectivity index (χ0) is 17.9. The third kappa shape index (κ3) is 3.92. The highest BCUT2D eigenvalue weighted by Crippen LogP contribution is 2.18. The lowest BCUT2D eigenvalue weighted by Gasteiger charge is -2.19. The quantitative estimate of drug-likeness (QED) is 0.847. The van der Waals surface area contributed by atoms with Crippen molar-refractivity contribution in [1.82, 2.24) is 9.78 Å². The molecule has 0 aliphatic carbocycles. The number of carbonyl (C=O) groups excluding carboxylic acids is 1. The van der Waals surface area contributed by atoms with Crippen LogP contribution >= 0.6 is 0 Å². The Balaban J connectivity index is 1.94. The maximum atomic E-state index is 11.9. The van der Waals surface area contributed by atoms with Crippen molar-refractivity contribution in [2.45, 2.75) is 33.2 Å². The van der Waals surface area contributed by atoms with Gasteiger partial charge in [0, 0.05) is 6.20 Å². The third-order valence-corrected chi connectivity index (χ3v) is 3.81. The molecule has 1 aromatic heterocycles. The SMILES string of the molecule is Cc1ccc(OCC(=O)Nc2cnn(C(C)(C)C(=O)O)c2)cc1C. The number of aliphatic carboxylic acids is 1. The molecule has 0 radical (unpaired) electrons. The molecule has 2 aromatic rings. The summed E-state index contributed by atoms with van der Waals surface area (Å²) < 4.78 is 6.74. The van der Waals surface area contributed by atoms with Crippen LogP contribution in [0.15, 0.2) is 30.6 Å². The molecular formula is C17H21N3O4. The topological polar surface area (TPSA) is 93.5 Å². The molecule has 0 aliphatic heterocycles. The van der Waals surface area contributed by atoms with Gasteiger partial charge in [0.05, 0.1) is 11.9 Å². The molecule has 1 heterocycles. The smallest absolute Gasteiger partial charge is 0.331 e. The Labute approximate surface area is 140 Å². The number of nitrogens with zero attached hydrogens (tertiary/aromatic N) is 2. The summed E-state index contributed by atoms with van der Waals surface area (Å²) in [5.74, 6) is -0.738. The normalized spacial score (nSPS) is 11.2. The Hall–Kier alpha value is -2.83. The van der Waals surface area contributed by atoms with Gasteiger partial charge in [0.25, 0.3) is 5.91 Å². The second kappa shape index (κ2) is 6.74. The van der Waals surface area contributed by atoms with Crippen LogP contribution in [0, 0.1) is 13.8 Å². The first-order chi connectivity index (χ1) is 11.2. The monoisotopic (exact) mass is 331 g/mol. The number of rotatable bonds is 6. The molecule has 2 rings (SSSR count). The fourth-order valence-corrected chi connectivity index (χ4v) is 1.94. The zero-order valence-corrected chi connectivity index (χ0v) is 14.2. The average Bonchev–Trinajstić information content (AvgIpc) is 2.97. The van der Waals surface area contributed by atoms with E-state index in [1.165, 1.54) is 30.9 Å². The summed E-state index contributed by atoms with van der Waals surface area (Å²) in [6.45, 7) is 6.88. The predicted octanol–water partition coefficient (Wildman–Crippen LogP) is 2.34. The molecule has 0 aliphatic rings. The van der Waals surface area contributed by atoms with E-state index < -0.39 is 11.5 Å². The van der Waals surface area contributed by atoms with Crippen molar-refractivity contribution in [2.75, 3.05) is 11.9 Å². The van der Waals surface area contributed by atoms with Crippen molar-refractivity contribution in [3.8, 4) is 5.75 Å². The zero-order valence-electron chi connectivity index (χ0n) is 14.2. The van der Waals surface area contributed by atoms with Gasteiger partial charge >= 0.3 is 5.97 Å². The number of carboxylic acid groups (broad SMARTS) is 1. The van der Waals surface area contributed by atoms with Crippen molar-refractivity contribution >= 4 is 17.6 Å². The van der Waals surface area contributed by atoms with Gasteiger partial charge in [-0.1, -0.05) is 6.07 Å². The Morgan fingerprint density at radius 3 is 2.62 bits per heavy atom. The van der Waals surface area contributed by atoms with Gasteiger partial charge in [0.2, 0.25) is 0 Å². The second-order valence-electron chi connectivity index (χ2n) is 6.12. The van der Waals surface area contributed by atoms with Gasteiger partial charge in [-0.3, -0.25) is 9.48 Å². The van der Waals surface area contributed by atoms with Gasteiger partial charge in [-0.2, -0.15) is 5.10 Å². The van der Waals surface area contributed by atoms with Crippen LogP contribution in [0.1, 0.15) is 25.0 Å². The molecule has 0 spiro atoms. The highest BCUT2D eigenvalue weighted by molar-refractivity contribution is 5.91. The van der Waals surface area contributed by atoms with E-state index >= 15 is 0 Å². The van der Waals surface area contributed by atoms with Gasteiger partial charge in [0.1, 0.15) is 5.75 Å². The Morgan fingerprint density at radius 2 is 2.00 bits per heavy atom. The molecule has 0 bridgehead atoms. The second-order valence-corrected chi connectivity index (χ2v) is 6.12. The van der Waals surface area contributed by atoms with Crippen molar-refractivity contribution in [3.63, 3.8) is 0 Å². The Bertz CT molecular complexity index is 765. The molecule has 7 heteroatoms. The van der Waals surface area contributed by atoms with E-state index in [4.69, 9.17) is 9.84 Å². The number of aryl methyl sites for hydroxylation is 2. The fraction of sp³-hybridized carbons (Fsp3) is 0.353. The van der Waals surface area contributed by atoms with Gasteiger partial charge < -0.3 is 15.2 Å². The first-order valence-electron chi connectivity index (χ1n) is 7.48. The van der Waals surface area contributed by atoms with E-state index in [1.54, 1.807) is 0 Å². The van der Waals surface area contributed by atoms with Crippen LogP contribution in [0.5, 0.6) is 5.75 Å². The van der Waals surface area contributed by atoms with Gasteiger partial charge in [0.15, 0.2) is 12.1 Å². The van der Waals surface area contributed by atoms with Crippen LogP contribution in [0.2, 0.25) is 0 Å². The van der Waals surface area contributed by atoms with Crippen LogP contribution in [-0.4, -0.2) is 33.4 Å². The molecule has 0 saturated carbocycles. The molecule has 0 unspecified atom stereocenters. The number of carboxylic acids is 1. The van der Waals surface area contributed by atoms with Gasteiger partial charge in [-0.25, -0.2) is 4.79 Å². The van der Waals surface area contributed by atoms with Gasteiger partial charge in [-0.15, -0.1) is 0 Å². The summed E-state index contributed by atoms with van der Waals surface area (Å²) in [7, 11) is 0. The standard InChI is InChI=1S/C17H21N3O4/c1-11-5-6-14(7-12(11)2)24-10-15(21)19-13-8-18-20(9-13)17(3,4)16(22)23/h5-9H,10H2,1-4H3,(H,19,21)(H,22,23). The maximum Gasteiger partial charge on any atom is 0.331 e. The van der Waals surface area contributed by atoms with Gasteiger partial charge in [-0.05, 0) is 51.0 Å². The van der Waals surface area contributed by atoms with E-state index in [0.717, 1.165) is 11.1 Å². The number of aromatic nitrogens is 2. The molecule has 2 N–H and O–H groups in total. The number of ether oxygens (including phenoxy) is 1. The summed E-state index contributed by atoms with van der Waals surface area (Å²) in [5.41, 5.74) is 1.46. The molecule has 0 fully saturated rings. The van der Waals surface area contributed by atoms with E-state index in [2.05, 4.69) is 10.4 Å². The van der Waals surface area contributed by atoms with Crippen molar-refractivity contribution < 1.29 is 19.4 Å². The number of hydrogen-bond acceptors (Lipinski definition) is 4. The molecular weight excluding hydrogens is 310 g/mol. The number of amides is 1. The summed E-state index contributed by atoms with van der Waals surface area (Å²) in [4.78, 5) is 23.1. The molecule has 1 amide bonds. The van der Waals surface area contributed by atoms with Crippen LogP contribution in [0.4, 0.5) is 5.69 Å². The molecule has 24 heavy (non-hydrogen) atoms.